The monoisotopic (exact) mass is 297 g/mol. The number of nitrogens with zero attached hydrogens (tertiary/aromatic N) is 1. The number of hydrogen-bond acceptors (Lipinski definition) is 3. The van der Waals surface area contributed by atoms with Crippen molar-refractivity contribution in [2.75, 3.05) is 19.6 Å². The third-order valence-electron chi connectivity index (χ3n) is 4.53. The summed E-state index contributed by atoms with van der Waals surface area (Å²) in [6.07, 6.45) is 3.58. The van der Waals surface area contributed by atoms with Crippen LogP contribution in [-0.2, 0) is 9.59 Å². The van der Waals surface area contributed by atoms with Crippen LogP contribution < -0.4 is 11.1 Å². The number of carbonyl (C=O) groups is 3. The van der Waals surface area contributed by atoms with Gasteiger partial charge in [-0.25, -0.2) is 4.79 Å². The van der Waals surface area contributed by atoms with Crippen LogP contribution >= 0.6 is 0 Å². The van der Waals surface area contributed by atoms with E-state index < -0.39 is 12.0 Å². The van der Waals surface area contributed by atoms with Gasteiger partial charge >= 0.3 is 12.0 Å². The number of primary amides is 1. The zero-order valence-corrected chi connectivity index (χ0v) is 12.1. The maximum absolute atomic E-state index is 12.5. The number of amides is 3. The molecular formula is C14H23N3O4. The number of carboxylic acid groups (broad SMARTS) is 1. The summed E-state index contributed by atoms with van der Waals surface area (Å²) < 4.78 is 0. The van der Waals surface area contributed by atoms with E-state index in [0.717, 1.165) is 19.4 Å². The molecular weight excluding hydrogens is 274 g/mol. The molecule has 0 radical (unpaired) electrons. The van der Waals surface area contributed by atoms with Gasteiger partial charge in [0.1, 0.15) is 0 Å². The molecule has 0 bridgehead atoms. The first-order valence-corrected chi connectivity index (χ1v) is 7.52. The highest BCUT2D eigenvalue weighted by Crippen LogP contribution is 2.33. The highest BCUT2D eigenvalue weighted by Gasteiger charge is 2.37. The summed E-state index contributed by atoms with van der Waals surface area (Å²) in [6, 6.07) is -0.543. The standard InChI is InChI=1S/C14H23N3O4/c15-14(21)16-7-9-2-1-5-17(8-9)12(18)10-3-4-11(6-10)13(19)20/h9-11H,1-8H2,(H,19,20)(H3,15,16,21)/t9?,10-,11+/m1/s1. The van der Waals surface area contributed by atoms with Crippen LogP contribution in [0.3, 0.4) is 0 Å². The SMILES string of the molecule is NC(=O)NCC1CCCN(C(=O)[C@@H]2CC[C@H](C(=O)O)C2)C1. The summed E-state index contributed by atoms with van der Waals surface area (Å²) in [5.41, 5.74) is 5.06. The summed E-state index contributed by atoms with van der Waals surface area (Å²) in [6.45, 7) is 1.83. The van der Waals surface area contributed by atoms with Crippen molar-refractivity contribution in [1.82, 2.24) is 10.2 Å². The summed E-state index contributed by atoms with van der Waals surface area (Å²) in [4.78, 5) is 36.0. The second-order valence-corrected chi connectivity index (χ2v) is 6.08. The van der Waals surface area contributed by atoms with E-state index in [-0.39, 0.29) is 23.7 Å². The minimum atomic E-state index is -0.799. The number of nitrogens with two attached hydrogens (primary N) is 1. The van der Waals surface area contributed by atoms with Gasteiger partial charge in [-0.15, -0.1) is 0 Å². The van der Waals surface area contributed by atoms with Crippen LogP contribution in [0.1, 0.15) is 32.1 Å². The van der Waals surface area contributed by atoms with Gasteiger partial charge < -0.3 is 21.1 Å². The Morgan fingerprint density at radius 2 is 1.90 bits per heavy atom. The summed E-state index contributed by atoms with van der Waals surface area (Å²) in [5.74, 6) is -1.04. The number of aliphatic carboxylic acids is 1. The molecule has 118 valence electrons. The van der Waals surface area contributed by atoms with Gasteiger partial charge in [0, 0.05) is 25.6 Å². The molecule has 1 aliphatic heterocycles. The Balaban J connectivity index is 1.85. The summed E-state index contributed by atoms with van der Waals surface area (Å²) in [5, 5.41) is 11.6. The minimum Gasteiger partial charge on any atom is -0.481 e. The predicted octanol–water partition coefficient (Wildman–Crippen LogP) is 0.394. The average molecular weight is 297 g/mol. The predicted molar refractivity (Wildman–Crippen MR) is 75.4 cm³/mol. The lowest BCUT2D eigenvalue weighted by Gasteiger charge is -2.34. The van der Waals surface area contributed by atoms with Crippen LogP contribution in [0, 0.1) is 17.8 Å². The molecule has 0 aromatic heterocycles. The first-order valence-electron chi connectivity index (χ1n) is 7.52. The Labute approximate surface area is 123 Å². The number of carboxylic acids is 1. The molecule has 2 aliphatic rings. The molecule has 0 aromatic carbocycles. The van der Waals surface area contributed by atoms with Gasteiger partial charge in [0.25, 0.3) is 0 Å². The van der Waals surface area contributed by atoms with Crippen LogP contribution in [0.5, 0.6) is 0 Å². The summed E-state index contributed by atoms with van der Waals surface area (Å²) >= 11 is 0. The Bertz CT molecular complexity index is 426. The van der Waals surface area contributed by atoms with Crippen molar-refractivity contribution in [1.29, 1.82) is 0 Å². The molecule has 4 N–H and O–H groups in total. The number of nitrogens with one attached hydrogen (secondary N) is 1. The molecule has 2 rings (SSSR count). The van der Waals surface area contributed by atoms with Crippen molar-refractivity contribution in [3.63, 3.8) is 0 Å². The van der Waals surface area contributed by atoms with E-state index in [1.54, 1.807) is 0 Å². The molecule has 7 nitrogen and oxygen atoms in total. The van der Waals surface area contributed by atoms with Gasteiger partial charge in [0.2, 0.25) is 5.91 Å². The summed E-state index contributed by atoms with van der Waals surface area (Å²) in [7, 11) is 0. The molecule has 1 heterocycles. The molecule has 0 spiro atoms. The van der Waals surface area contributed by atoms with Crippen molar-refractivity contribution < 1.29 is 19.5 Å². The maximum Gasteiger partial charge on any atom is 0.312 e. The van der Waals surface area contributed by atoms with E-state index in [9.17, 15) is 14.4 Å². The largest absolute Gasteiger partial charge is 0.481 e. The van der Waals surface area contributed by atoms with Crippen LogP contribution in [0.2, 0.25) is 0 Å². The Kier molecular flexibility index (Phi) is 5.03. The number of piperidine rings is 1. The smallest absolute Gasteiger partial charge is 0.312 e. The van der Waals surface area contributed by atoms with E-state index in [2.05, 4.69) is 5.32 Å². The number of rotatable bonds is 4. The van der Waals surface area contributed by atoms with Crippen LogP contribution in [0.4, 0.5) is 4.79 Å². The Morgan fingerprint density at radius 1 is 1.19 bits per heavy atom. The molecule has 1 unspecified atom stereocenters. The second-order valence-electron chi connectivity index (χ2n) is 6.08. The van der Waals surface area contributed by atoms with Gasteiger partial charge in [-0.3, -0.25) is 9.59 Å². The average Bonchev–Trinajstić information content (AvgIpc) is 2.94. The van der Waals surface area contributed by atoms with Crippen molar-refractivity contribution in [3.8, 4) is 0 Å². The highest BCUT2D eigenvalue weighted by atomic mass is 16.4. The van der Waals surface area contributed by atoms with Gasteiger partial charge in [-0.2, -0.15) is 0 Å². The fourth-order valence-electron chi connectivity index (χ4n) is 3.37. The maximum atomic E-state index is 12.5. The normalized spacial score (nSPS) is 29.1. The molecule has 3 atom stereocenters. The van der Waals surface area contributed by atoms with E-state index in [0.29, 0.717) is 32.4 Å². The fourth-order valence-corrected chi connectivity index (χ4v) is 3.37. The molecule has 0 aromatic rings. The number of likely N-dealkylation sites (tertiary alicyclic amines) is 1. The van der Waals surface area contributed by atoms with Crippen molar-refractivity contribution in [3.05, 3.63) is 0 Å². The lowest BCUT2D eigenvalue weighted by molar-refractivity contribution is -0.142. The molecule has 1 saturated heterocycles. The zero-order valence-electron chi connectivity index (χ0n) is 12.1. The number of hydrogen-bond donors (Lipinski definition) is 3. The van der Waals surface area contributed by atoms with Crippen molar-refractivity contribution in [2.45, 2.75) is 32.1 Å². The quantitative estimate of drug-likeness (QED) is 0.696. The first-order chi connectivity index (χ1) is 9.97. The molecule has 2 fully saturated rings. The van der Waals surface area contributed by atoms with E-state index in [4.69, 9.17) is 10.8 Å². The molecule has 1 saturated carbocycles. The van der Waals surface area contributed by atoms with Gasteiger partial charge in [-0.1, -0.05) is 0 Å². The lowest BCUT2D eigenvalue weighted by Crippen LogP contribution is -2.46. The molecule has 7 heteroatoms. The van der Waals surface area contributed by atoms with Crippen molar-refractivity contribution in [2.24, 2.45) is 23.5 Å². The third-order valence-corrected chi connectivity index (χ3v) is 4.53. The second kappa shape index (κ2) is 6.78. The van der Waals surface area contributed by atoms with Crippen LogP contribution in [0.15, 0.2) is 0 Å². The molecule has 1 aliphatic carbocycles. The molecule has 3 amide bonds. The molecule has 21 heavy (non-hydrogen) atoms. The van der Waals surface area contributed by atoms with Crippen molar-refractivity contribution >= 4 is 17.9 Å². The van der Waals surface area contributed by atoms with Gasteiger partial charge in [-0.05, 0) is 38.0 Å². The lowest BCUT2D eigenvalue weighted by atomic mass is 9.95. The Morgan fingerprint density at radius 3 is 2.52 bits per heavy atom. The first kappa shape index (κ1) is 15.6. The van der Waals surface area contributed by atoms with Crippen LogP contribution in [-0.4, -0.2) is 47.5 Å². The zero-order chi connectivity index (χ0) is 15.4. The Hall–Kier alpha value is -1.79. The minimum absolute atomic E-state index is 0.0718. The van der Waals surface area contributed by atoms with Crippen LogP contribution in [0.25, 0.3) is 0 Å². The third kappa shape index (κ3) is 4.09. The topological polar surface area (TPSA) is 113 Å². The van der Waals surface area contributed by atoms with E-state index in [1.165, 1.54) is 0 Å². The van der Waals surface area contributed by atoms with E-state index in [1.807, 2.05) is 4.90 Å². The number of urea groups is 1. The fraction of sp³-hybridized carbons (Fsp3) is 0.786. The highest BCUT2D eigenvalue weighted by molar-refractivity contribution is 5.81. The number of carbonyl (C=O) groups excluding carboxylic acids is 2. The van der Waals surface area contributed by atoms with E-state index >= 15 is 0 Å². The van der Waals surface area contributed by atoms with Gasteiger partial charge in [0.05, 0.1) is 5.92 Å². The van der Waals surface area contributed by atoms with Gasteiger partial charge in [0.15, 0.2) is 0 Å².